The van der Waals surface area contributed by atoms with Crippen molar-refractivity contribution in [3.8, 4) is 0 Å². The number of Topliss-reactive ketones (excluding diaryl/α,β-unsaturated/α-hetero) is 2. The van der Waals surface area contributed by atoms with Gasteiger partial charge >= 0.3 is 5.97 Å². The molecule has 0 radical (unpaired) electrons. The van der Waals surface area contributed by atoms with Crippen LogP contribution in [0.5, 0.6) is 0 Å². The summed E-state index contributed by atoms with van der Waals surface area (Å²) in [6, 6.07) is 0. The minimum absolute atomic E-state index is 0.184. The fourth-order valence-corrected chi connectivity index (χ4v) is 1.91. The van der Waals surface area contributed by atoms with Crippen LogP contribution in [-0.2, 0) is 14.4 Å². The summed E-state index contributed by atoms with van der Waals surface area (Å²) >= 11 is 0. The predicted octanol–water partition coefficient (Wildman–Crippen LogP) is 0.768. The Morgan fingerprint density at radius 1 is 1.18 bits per heavy atom. The second-order valence-corrected chi connectivity index (χ2v) is 5.50. The summed E-state index contributed by atoms with van der Waals surface area (Å²) in [5, 5.41) is 12.0. The Bertz CT molecular complexity index is 348. The maximum atomic E-state index is 12.1. The van der Waals surface area contributed by atoms with Crippen molar-refractivity contribution in [3.05, 3.63) is 0 Å². The number of ketones is 2. The van der Waals surface area contributed by atoms with Crippen molar-refractivity contribution in [1.82, 2.24) is 5.32 Å². The zero-order valence-corrected chi connectivity index (χ0v) is 10.5. The first-order chi connectivity index (χ1) is 7.72. The summed E-state index contributed by atoms with van der Waals surface area (Å²) in [7, 11) is 0. The normalized spacial score (nSPS) is 25.4. The number of carbonyl (C=O) groups is 3. The highest BCUT2D eigenvalue weighted by atomic mass is 16.4. The predicted molar refractivity (Wildman–Crippen MR) is 61.7 cm³/mol. The number of carboxylic acid groups (broad SMARTS) is 1. The van der Waals surface area contributed by atoms with Crippen LogP contribution in [0.25, 0.3) is 0 Å². The first kappa shape index (κ1) is 13.8. The van der Waals surface area contributed by atoms with Gasteiger partial charge in [-0.25, -0.2) is 4.79 Å². The van der Waals surface area contributed by atoms with E-state index in [-0.39, 0.29) is 6.42 Å². The largest absolute Gasteiger partial charge is 0.480 e. The van der Waals surface area contributed by atoms with E-state index < -0.39 is 28.5 Å². The molecule has 0 bridgehead atoms. The minimum atomic E-state index is -1.71. The second-order valence-electron chi connectivity index (χ2n) is 5.50. The summed E-state index contributed by atoms with van der Waals surface area (Å²) in [5.74, 6) is -2.70. The number of piperidine rings is 1. The molecular formula is C12H19NO4. The summed E-state index contributed by atoms with van der Waals surface area (Å²) in [6.07, 6.45) is 1.65. The molecule has 96 valence electrons. The van der Waals surface area contributed by atoms with Gasteiger partial charge < -0.3 is 5.11 Å². The van der Waals surface area contributed by atoms with Gasteiger partial charge in [-0.3, -0.25) is 14.9 Å². The molecule has 1 fully saturated rings. The minimum Gasteiger partial charge on any atom is -0.480 e. The number of nitrogens with one attached hydrogen (secondary N) is 1. The molecule has 17 heavy (non-hydrogen) atoms. The zero-order valence-electron chi connectivity index (χ0n) is 10.5. The number of rotatable bonds is 3. The van der Waals surface area contributed by atoms with E-state index in [9.17, 15) is 19.5 Å². The van der Waals surface area contributed by atoms with Crippen LogP contribution in [0.2, 0.25) is 0 Å². The molecule has 0 amide bonds. The van der Waals surface area contributed by atoms with Crippen LogP contribution in [0.15, 0.2) is 0 Å². The molecule has 1 saturated heterocycles. The Balaban J connectivity index is 3.04. The third kappa shape index (κ3) is 2.54. The van der Waals surface area contributed by atoms with Crippen LogP contribution in [-0.4, -0.2) is 34.7 Å². The van der Waals surface area contributed by atoms with E-state index in [4.69, 9.17) is 0 Å². The highest BCUT2D eigenvalue weighted by Crippen LogP contribution is 2.25. The van der Waals surface area contributed by atoms with Crippen molar-refractivity contribution in [1.29, 1.82) is 0 Å². The third-order valence-corrected chi connectivity index (χ3v) is 3.05. The van der Waals surface area contributed by atoms with Crippen LogP contribution in [0.1, 0.15) is 40.0 Å². The molecule has 0 aliphatic carbocycles. The number of hydrogen-bond donors (Lipinski definition) is 2. The average molecular weight is 241 g/mol. The topological polar surface area (TPSA) is 83.5 Å². The molecule has 5 heteroatoms. The van der Waals surface area contributed by atoms with Crippen molar-refractivity contribution in [2.45, 2.75) is 45.6 Å². The Kier molecular flexibility index (Phi) is 3.71. The van der Waals surface area contributed by atoms with Gasteiger partial charge in [0.1, 0.15) is 0 Å². The van der Waals surface area contributed by atoms with Gasteiger partial charge in [-0.05, 0) is 25.8 Å². The summed E-state index contributed by atoms with van der Waals surface area (Å²) in [4.78, 5) is 35.3. The molecular weight excluding hydrogens is 222 g/mol. The summed E-state index contributed by atoms with van der Waals surface area (Å²) < 4.78 is 0. The summed E-state index contributed by atoms with van der Waals surface area (Å²) in [5.41, 5.74) is -2.55. The van der Waals surface area contributed by atoms with Crippen molar-refractivity contribution in [2.24, 2.45) is 5.41 Å². The molecule has 0 aromatic rings. The van der Waals surface area contributed by atoms with E-state index in [0.29, 0.717) is 13.0 Å². The highest BCUT2D eigenvalue weighted by molar-refractivity contribution is 6.46. The van der Waals surface area contributed by atoms with Gasteiger partial charge in [0.25, 0.3) is 0 Å². The monoisotopic (exact) mass is 241 g/mol. The van der Waals surface area contributed by atoms with Crippen molar-refractivity contribution >= 4 is 17.5 Å². The lowest BCUT2D eigenvalue weighted by Gasteiger charge is -2.33. The van der Waals surface area contributed by atoms with Gasteiger partial charge in [0.2, 0.25) is 11.6 Å². The fraction of sp³-hybridized carbons (Fsp3) is 0.750. The van der Waals surface area contributed by atoms with E-state index in [0.717, 1.165) is 6.42 Å². The number of aliphatic carboxylic acids is 1. The quantitative estimate of drug-likeness (QED) is 0.563. The van der Waals surface area contributed by atoms with Crippen LogP contribution in [0.3, 0.4) is 0 Å². The molecule has 1 aliphatic heterocycles. The maximum absolute atomic E-state index is 12.1. The molecule has 1 heterocycles. The Labute approximate surface area is 101 Å². The molecule has 0 spiro atoms. The molecule has 5 nitrogen and oxygen atoms in total. The highest BCUT2D eigenvalue weighted by Gasteiger charge is 2.51. The smallest absolute Gasteiger partial charge is 0.332 e. The van der Waals surface area contributed by atoms with Gasteiger partial charge in [0, 0.05) is 5.41 Å². The maximum Gasteiger partial charge on any atom is 0.332 e. The Morgan fingerprint density at radius 2 is 1.76 bits per heavy atom. The van der Waals surface area contributed by atoms with E-state index in [1.54, 1.807) is 20.8 Å². The lowest BCUT2D eigenvalue weighted by atomic mass is 9.77. The molecule has 1 unspecified atom stereocenters. The van der Waals surface area contributed by atoms with Crippen molar-refractivity contribution < 1.29 is 19.5 Å². The van der Waals surface area contributed by atoms with Crippen molar-refractivity contribution in [3.63, 3.8) is 0 Å². The molecule has 1 aliphatic rings. The first-order valence-corrected chi connectivity index (χ1v) is 5.79. The van der Waals surface area contributed by atoms with Crippen LogP contribution < -0.4 is 5.32 Å². The van der Waals surface area contributed by atoms with Crippen LogP contribution in [0, 0.1) is 5.41 Å². The number of hydrogen-bond acceptors (Lipinski definition) is 4. The van der Waals surface area contributed by atoms with E-state index in [1.165, 1.54) is 0 Å². The van der Waals surface area contributed by atoms with Crippen LogP contribution in [0.4, 0.5) is 0 Å². The van der Waals surface area contributed by atoms with Gasteiger partial charge in [-0.15, -0.1) is 0 Å². The second kappa shape index (κ2) is 4.56. The molecule has 2 N–H and O–H groups in total. The fourth-order valence-electron chi connectivity index (χ4n) is 1.91. The third-order valence-electron chi connectivity index (χ3n) is 3.05. The summed E-state index contributed by atoms with van der Waals surface area (Å²) in [6.45, 7) is 5.30. The van der Waals surface area contributed by atoms with Crippen molar-refractivity contribution in [2.75, 3.05) is 6.54 Å². The van der Waals surface area contributed by atoms with E-state index in [1.807, 2.05) is 0 Å². The molecule has 1 rings (SSSR count). The van der Waals surface area contributed by atoms with Gasteiger partial charge in [0.05, 0.1) is 0 Å². The van der Waals surface area contributed by atoms with E-state index in [2.05, 4.69) is 5.32 Å². The Morgan fingerprint density at radius 3 is 2.12 bits per heavy atom. The SMILES string of the molecule is CC(C)(C)C(=O)C(=O)C1(C(=O)O)CCCCN1. The molecule has 0 aromatic heterocycles. The lowest BCUT2D eigenvalue weighted by molar-refractivity contribution is -0.156. The zero-order chi connectivity index (χ0) is 13.3. The van der Waals surface area contributed by atoms with Crippen LogP contribution >= 0.6 is 0 Å². The first-order valence-electron chi connectivity index (χ1n) is 5.79. The van der Waals surface area contributed by atoms with Gasteiger partial charge in [-0.2, -0.15) is 0 Å². The number of carboxylic acids is 1. The molecule has 0 aromatic carbocycles. The molecule has 1 atom stereocenters. The Hall–Kier alpha value is -1.23. The average Bonchev–Trinajstić information content (AvgIpc) is 2.26. The molecule has 0 saturated carbocycles. The lowest BCUT2D eigenvalue weighted by Crippen LogP contribution is -2.63. The van der Waals surface area contributed by atoms with Gasteiger partial charge in [-0.1, -0.05) is 20.8 Å². The standard InChI is InChI=1S/C12H19NO4/c1-11(2,3)8(14)9(15)12(10(16)17)6-4-5-7-13-12/h13H,4-7H2,1-3H3,(H,16,17). The van der Waals surface area contributed by atoms with Gasteiger partial charge in [0.15, 0.2) is 5.54 Å². The number of carbonyl (C=O) groups excluding carboxylic acids is 2. The van der Waals surface area contributed by atoms with E-state index >= 15 is 0 Å².